The van der Waals surface area contributed by atoms with E-state index in [1.54, 1.807) is 25.0 Å². The third-order valence-corrected chi connectivity index (χ3v) is 8.73. The highest BCUT2D eigenvalue weighted by molar-refractivity contribution is 7.92. The molecule has 2 amide bonds. The second-order valence-electron chi connectivity index (χ2n) is 10.6. The third-order valence-electron chi connectivity index (χ3n) is 7.54. The molecule has 0 saturated heterocycles. The molecule has 2 aromatic carbocycles. The molecule has 3 rings (SSSR count). The molecule has 0 heterocycles. The summed E-state index contributed by atoms with van der Waals surface area (Å²) in [5.74, 6) is 0.320. The van der Waals surface area contributed by atoms with Crippen molar-refractivity contribution in [2.75, 3.05) is 24.2 Å². The highest BCUT2D eigenvalue weighted by Gasteiger charge is 2.28. The minimum atomic E-state index is -3.54. The fourth-order valence-electron chi connectivity index (χ4n) is 5.00. The maximum Gasteiger partial charge on any atom is 0.242 e. The lowest BCUT2D eigenvalue weighted by atomic mass is 9.95. The van der Waals surface area contributed by atoms with Gasteiger partial charge < -0.3 is 15.0 Å². The quantitative estimate of drug-likeness (QED) is 0.407. The number of nitrogens with zero attached hydrogens (tertiary/aromatic N) is 2. The SMILES string of the molecule is COc1cccc(CN(C(=O)CCCN(c2ccc(C)c(C)c2)S(C)(=O)=O)[C@@H](C)C(=O)NC2CCCCC2)c1. The molecule has 1 N–H and O–H groups in total. The molecule has 0 radical (unpaired) electrons. The zero-order valence-electron chi connectivity index (χ0n) is 23.9. The number of hydrogen-bond donors (Lipinski definition) is 1. The number of benzene rings is 2. The number of sulfonamides is 1. The summed E-state index contributed by atoms with van der Waals surface area (Å²) in [6.45, 7) is 6.10. The predicted octanol–water partition coefficient (Wildman–Crippen LogP) is 4.72. The molecule has 214 valence electrons. The molecule has 2 aromatic rings. The Bertz CT molecular complexity index is 1240. The van der Waals surface area contributed by atoms with E-state index in [4.69, 9.17) is 4.74 Å². The Hall–Kier alpha value is -3.07. The summed E-state index contributed by atoms with van der Waals surface area (Å²) < 4.78 is 31.9. The van der Waals surface area contributed by atoms with Crippen molar-refractivity contribution in [3.05, 3.63) is 59.2 Å². The Morgan fingerprint density at radius 2 is 1.77 bits per heavy atom. The molecule has 0 unspecified atom stereocenters. The molecule has 0 spiro atoms. The second kappa shape index (κ2) is 13.8. The van der Waals surface area contributed by atoms with Gasteiger partial charge in [-0.05, 0) is 81.0 Å². The van der Waals surface area contributed by atoms with E-state index < -0.39 is 16.1 Å². The van der Waals surface area contributed by atoms with Crippen LogP contribution in [-0.4, -0.2) is 57.1 Å². The van der Waals surface area contributed by atoms with Crippen molar-refractivity contribution < 1.29 is 22.7 Å². The number of carbonyl (C=O) groups is 2. The van der Waals surface area contributed by atoms with Crippen LogP contribution in [0, 0.1) is 13.8 Å². The monoisotopic (exact) mass is 557 g/mol. The van der Waals surface area contributed by atoms with Crippen LogP contribution in [0.15, 0.2) is 42.5 Å². The molecular formula is C30H43N3O5S. The van der Waals surface area contributed by atoms with Crippen LogP contribution in [0.5, 0.6) is 5.75 Å². The van der Waals surface area contributed by atoms with Crippen molar-refractivity contribution in [3.8, 4) is 5.75 Å². The highest BCUT2D eigenvalue weighted by Crippen LogP contribution is 2.23. The van der Waals surface area contributed by atoms with E-state index in [0.29, 0.717) is 17.9 Å². The summed E-state index contributed by atoms with van der Waals surface area (Å²) in [5, 5.41) is 3.14. The molecule has 0 aliphatic heterocycles. The highest BCUT2D eigenvalue weighted by atomic mass is 32.2. The first-order valence-corrected chi connectivity index (χ1v) is 15.6. The van der Waals surface area contributed by atoms with Crippen LogP contribution in [0.4, 0.5) is 5.69 Å². The van der Waals surface area contributed by atoms with Crippen LogP contribution in [0.2, 0.25) is 0 Å². The summed E-state index contributed by atoms with van der Waals surface area (Å²) in [6.07, 6.45) is 6.93. The number of rotatable bonds is 12. The molecule has 1 aliphatic rings. The van der Waals surface area contributed by atoms with Crippen LogP contribution in [0.25, 0.3) is 0 Å². The van der Waals surface area contributed by atoms with Gasteiger partial charge in [0.2, 0.25) is 21.8 Å². The lowest BCUT2D eigenvalue weighted by molar-refractivity contribution is -0.141. The maximum absolute atomic E-state index is 13.6. The van der Waals surface area contributed by atoms with Crippen molar-refractivity contribution in [2.45, 2.75) is 84.3 Å². The van der Waals surface area contributed by atoms with Crippen LogP contribution in [0.1, 0.15) is 68.6 Å². The molecule has 1 saturated carbocycles. The maximum atomic E-state index is 13.6. The molecule has 39 heavy (non-hydrogen) atoms. The Morgan fingerprint density at radius 1 is 1.05 bits per heavy atom. The average molecular weight is 558 g/mol. The van der Waals surface area contributed by atoms with E-state index in [-0.39, 0.29) is 37.4 Å². The van der Waals surface area contributed by atoms with Gasteiger partial charge in [0, 0.05) is 25.6 Å². The van der Waals surface area contributed by atoms with Gasteiger partial charge in [0.05, 0.1) is 19.1 Å². The van der Waals surface area contributed by atoms with Crippen molar-refractivity contribution in [2.24, 2.45) is 0 Å². The van der Waals surface area contributed by atoms with Crippen LogP contribution >= 0.6 is 0 Å². The number of aryl methyl sites for hydroxylation is 2. The molecule has 8 nitrogen and oxygen atoms in total. The summed E-state index contributed by atoms with van der Waals surface area (Å²) >= 11 is 0. The first-order valence-electron chi connectivity index (χ1n) is 13.8. The van der Waals surface area contributed by atoms with Gasteiger partial charge in [-0.1, -0.05) is 37.5 Å². The smallest absolute Gasteiger partial charge is 0.242 e. The fourth-order valence-corrected chi connectivity index (χ4v) is 5.96. The topological polar surface area (TPSA) is 96.0 Å². The van der Waals surface area contributed by atoms with Crippen LogP contribution in [-0.2, 0) is 26.2 Å². The van der Waals surface area contributed by atoms with Gasteiger partial charge in [0.25, 0.3) is 0 Å². The van der Waals surface area contributed by atoms with E-state index >= 15 is 0 Å². The number of nitrogens with one attached hydrogen (secondary N) is 1. The standard InChI is InChI=1S/C30H43N3O5S/c1-22-16-17-27(19-23(22)2)33(39(5,36)37)18-10-15-29(34)32(21-25-11-9-14-28(20-25)38-4)24(3)30(35)31-26-12-7-6-8-13-26/h9,11,14,16-17,19-20,24,26H,6-8,10,12-13,15,18,21H2,1-5H3,(H,31,35)/t24-/m0/s1. The van der Waals surface area contributed by atoms with Crippen molar-refractivity contribution >= 4 is 27.5 Å². The second-order valence-corrected chi connectivity index (χ2v) is 12.5. The van der Waals surface area contributed by atoms with Crippen molar-refractivity contribution in [1.29, 1.82) is 0 Å². The largest absolute Gasteiger partial charge is 0.497 e. The Kier molecular flexibility index (Phi) is 10.8. The molecule has 1 fully saturated rings. The van der Waals surface area contributed by atoms with E-state index in [1.807, 2.05) is 50.2 Å². The Morgan fingerprint density at radius 3 is 2.41 bits per heavy atom. The predicted molar refractivity (Wildman–Crippen MR) is 155 cm³/mol. The van der Waals surface area contributed by atoms with Gasteiger partial charge in [-0.25, -0.2) is 8.42 Å². The first kappa shape index (κ1) is 30.5. The zero-order chi connectivity index (χ0) is 28.6. The molecule has 1 aliphatic carbocycles. The van der Waals surface area contributed by atoms with Gasteiger partial charge >= 0.3 is 0 Å². The summed E-state index contributed by atoms with van der Waals surface area (Å²) in [5.41, 5.74) is 3.52. The Balaban J connectivity index is 1.74. The van der Waals surface area contributed by atoms with Gasteiger partial charge in [-0.3, -0.25) is 13.9 Å². The number of carbonyl (C=O) groups excluding carboxylic acids is 2. The van der Waals surface area contributed by atoms with Crippen LogP contribution < -0.4 is 14.4 Å². The summed E-state index contributed by atoms with van der Waals surface area (Å²) in [6, 6.07) is 12.5. The van der Waals surface area contributed by atoms with Gasteiger partial charge in [-0.15, -0.1) is 0 Å². The average Bonchev–Trinajstić information content (AvgIpc) is 2.91. The third kappa shape index (κ3) is 8.71. The van der Waals surface area contributed by atoms with E-state index in [2.05, 4.69) is 5.32 Å². The normalized spacial score (nSPS) is 14.9. The lowest BCUT2D eigenvalue weighted by Gasteiger charge is -2.31. The molecule has 9 heteroatoms. The number of hydrogen-bond acceptors (Lipinski definition) is 5. The zero-order valence-corrected chi connectivity index (χ0v) is 24.7. The molecule has 1 atom stereocenters. The number of methoxy groups -OCH3 is 1. The molecular weight excluding hydrogens is 514 g/mol. The van der Waals surface area contributed by atoms with Crippen molar-refractivity contribution in [1.82, 2.24) is 10.2 Å². The number of ether oxygens (including phenoxy) is 1. The van der Waals surface area contributed by atoms with Crippen LogP contribution in [0.3, 0.4) is 0 Å². The van der Waals surface area contributed by atoms with Gasteiger partial charge in [0.15, 0.2) is 0 Å². The summed E-state index contributed by atoms with van der Waals surface area (Å²) in [4.78, 5) is 28.4. The number of anilines is 1. The Labute approximate surface area is 233 Å². The lowest BCUT2D eigenvalue weighted by Crippen LogP contribution is -2.50. The number of amides is 2. The fraction of sp³-hybridized carbons (Fsp3) is 0.533. The molecule has 0 bridgehead atoms. The van der Waals surface area contributed by atoms with E-state index in [1.165, 1.54) is 17.0 Å². The van der Waals surface area contributed by atoms with Gasteiger partial charge in [-0.2, -0.15) is 0 Å². The molecule has 0 aromatic heterocycles. The van der Waals surface area contributed by atoms with E-state index in [0.717, 1.165) is 42.4 Å². The van der Waals surface area contributed by atoms with Crippen molar-refractivity contribution in [3.63, 3.8) is 0 Å². The minimum Gasteiger partial charge on any atom is -0.497 e. The van der Waals surface area contributed by atoms with Gasteiger partial charge in [0.1, 0.15) is 11.8 Å². The first-order chi connectivity index (χ1) is 18.5. The summed E-state index contributed by atoms with van der Waals surface area (Å²) in [7, 11) is -1.95. The van der Waals surface area contributed by atoms with E-state index in [9.17, 15) is 18.0 Å². The minimum absolute atomic E-state index is 0.113.